The van der Waals surface area contributed by atoms with Gasteiger partial charge in [0.25, 0.3) is 0 Å². The summed E-state index contributed by atoms with van der Waals surface area (Å²) in [7, 11) is 5.29. The van der Waals surface area contributed by atoms with Crippen LogP contribution in [0.5, 0.6) is 11.5 Å². The van der Waals surface area contributed by atoms with E-state index in [-0.39, 0.29) is 12.1 Å². The highest BCUT2D eigenvalue weighted by atomic mass is 16.5. The fourth-order valence-corrected chi connectivity index (χ4v) is 2.71. The molecule has 22 heavy (non-hydrogen) atoms. The molecule has 1 heterocycles. The van der Waals surface area contributed by atoms with E-state index in [9.17, 15) is 4.79 Å². The van der Waals surface area contributed by atoms with E-state index in [2.05, 4.69) is 24.2 Å². The minimum absolute atomic E-state index is 0.0182. The van der Waals surface area contributed by atoms with Crippen molar-refractivity contribution in [2.24, 2.45) is 0 Å². The maximum absolute atomic E-state index is 12.3. The van der Waals surface area contributed by atoms with E-state index >= 15 is 0 Å². The Bertz CT molecular complexity index is 521. The van der Waals surface area contributed by atoms with Gasteiger partial charge in [0.1, 0.15) is 0 Å². The van der Waals surface area contributed by atoms with Crippen LogP contribution >= 0.6 is 0 Å². The van der Waals surface area contributed by atoms with E-state index in [1.54, 1.807) is 14.2 Å². The monoisotopic (exact) mass is 307 g/mol. The number of amides is 2. The topological polar surface area (TPSA) is 54.0 Å². The molecular weight excluding hydrogens is 282 g/mol. The predicted molar refractivity (Wildman–Crippen MR) is 85.4 cm³/mol. The summed E-state index contributed by atoms with van der Waals surface area (Å²) in [6, 6.07) is 5.86. The predicted octanol–water partition coefficient (Wildman–Crippen LogP) is 1.55. The van der Waals surface area contributed by atoms with E-state index < -0.39 is 0 Å². The van der Waals surface area contributed by atoms with E-state index in [4.69, 9.17) is 9.47 Å². The zero-order valence-electron chi connectivity index (χ0n) is 13.8. The van der Waals surface area contributed by atoms with Gasteiger partial charge in [0.15, 0.2) is 11.5 Å². The SMILES string of the molecule is COc1ccc(CNC(=O)N2CCN(C)CC2C)cc1OC. The van der Waals surface area contributed by atoms with Gasteiger partial charge in [-0.3, -0.25) is 0 Å². The molecule has 1 atom stereocenters. The molecule has 2 rings (SSSR count). The van der Waals surface area contributed by atoms with Gasteiger partial charge in [0.2, 0.25) is 0 Å². The Hall–Kier alpha value is -1.95. The molecule has 6 nitrogen and oxygen atoms in total. The van der Waals surface area contributed by atoms with Crippen LogP contribution in [0.1, 0.15) is 12.5 Å². The van der Waals surface area contributed by atoms with Crippen molar-refractivity contribution in [3.8, 4) is 11.5 Å². The number of piperazine rings is 1. The number of hydrogen-bond donors (Lipinski definition) is 1. The normalized spacial score (nSPS) is 18.9. The lowest BCUT2D eigenvalue weighted by Gasteiger charge is -2.38. The Balaban J connectivity index is 1.93. The molecule has 0 aromatic heterocycles. The summed E-state index contributed by atoms with van der Waals surface area (Å²) < 4.78 is 10.5. The first-order valence-corrected chi connectivity index (χ1v) is 7.49. The molecule has 1 saturated heterocycles. The lowest BCUT2D eigenvalue weighted by Crippen LogP contribution is -2.55. The van der Waals surface area contributed by atoms with Crippen molar-refractivity contribution in [2.45, 2.75) is 19.5 Å². The third kappa shape index (κ3) is 3.82. The van der Waals surface area contributed by atoms with Gasteiger partial charge in [-0.15, -0.1) is 0 Å². The summed E-state index contributed by atoms with van der Waals surface area (Å²) in [5.74, 6) is 1.35. The van der Waals surface area contributed by atoms with Gasteiger partial charge in [0, 0.05) is 32.2 Å². The van der Waals surface area contributed by atoms with Gasteiger partial charge in [-0.25, -0.2) is 4.79 Å². The van der Waals surface area contributed by atoms with Crippen molar-refractivity contribution < 1.29 is 14.3 Å². The summed E-state index contributed by atoms with van der Waals surface area (Å²) >= 11 is 0. The number of nitrogens with zero attached hydrogens (tertiary/aromatic N) is 2. The second kappa shape index (κ2) is 7.35. The molecule has 0 radical (unpaired) electrons. The van der Waals surface area contributed by atoms with Crippen molar-refractivity contribution in [3.63, 3.8) is 0 Å². The van der Waals surface area contributed by atoms with Gasteiger partial charge >= 0.3 is 6.03 Å². The first kappa shape index (κ1) is 16.4. The van der Waals surface area contributed by atoms with Gasteiger partial charge in [-0.05, 0) is 31.7 Å². The number of carbonyl (C=O) groups is 1. The van der Waals surface area contributed by atoms with Crippen molar-refractivity contribution in [3.05, 3.63) is 23.8 Å². The Morgan fingerprint density at radius 2 is 2.00 bits per heavy atom. The lowest BCUT2D eigenvalue weighted by molar-refractivity contribution is 0.116. The Morgan fingerprint density at radius 3 is 2.64 bits per heavy atom. The number of likely N-dealkylation sites (N-methyl/N-ethyl adjacent to an activating group) is 1. The van der Waals surface area contributed by atoms with Crippen molar-refractivity contribution in [1.82, 2.24) is 15.1 Å². The molecule has 1 aromatic carbocycles. The molecule has 6 heteroatoms. The zero-order valence-corrected chi connectivity index (χ0v) is 13.8. The smallest absolute Gasteiger partial charge is 0.317 e. The minimum atomic E-state index is -0.0182. The van der Waals surface area contributed by atoms with Crippen LogP contribution in [0.4, 0.5) is 4.79 Å². The van der Waals surface area contributed by atoms with Crippen LogP contribution in [0.25, 0.3) is 0 Å². The molecule has 0 bridgehead atoms. The van der Waals surface area contributed by atoms with Crippen LogP contribution in [-0.2, 0) is 6.54 Å². The maximum Gasteiger partial charge on any atom is 0.317 e. The molecule has 0 saturated carbocycles. The number of carbonyl (C=O) groups excluding carboxylic acids is 1. The number of methoxy groups -OCH3 is 2. The quantitative estimate of drug-likeness (QED) is 0.917. The highest BCUT2D eigenvalue weighted by molar-refractivity contribution is 5.74. The highest BCUT2D eigenvalue weighted by Crippen LogP contribution is 2.27. The van der Waals surface area contributed by atoms with E-state index in [0.717, 1.165) is 25.2 Å². The molecule has 0 spiro atoms. The molecule has 1 fully saturated rings. The Morgan fingerprint density at radius 1 is 1.27 bits per heavy atom. The van der Waals surface area contributed by atoms with E-state index in [1.807, 2.05) is 23.1 Å². The molecule has 1 aliphatic heterocycles. The number of urea groups is 1. The second-order valence-corrected chi connectivity index (χ2v) is 5.65. The van der Waals surface area contributed by atoms with Gasteiger partial charge in [-0.1, -0.05) is 6.07 Å². The first-order chi connectivity index (χ1) is 10.5. The summed E-state index contributed by atoms with van der Waals surface area (Å²) in [4.78, 5) is 16.4. The second-order valence-electron chi connectivity index (χ2n) is 5.65. The van der Waals surface area contributed by atoms with Crippen LogP contribution in [-0.4, -0.2) is 62.8 Å². The van der Waals surface area contributed by atoms with Crippen LogP contribution < -0.4 is 14.8 Å². The summed E-state index contributed by atoms with van der Waals surface area (Å²) in [6.07, 6.45) is 0. The fraction of sp³-hybridized carbons (Fsp3) is 0.562. The number of nitrogens with one attached hydrogen (secondary N) is 1. The number of benzene rings is 1. The molecular formula is C16H25N3O3. The average Bonchev–Trinajstić information content (AvgIpc) is 2.52. The van der Waals surface area contributed by atoms with Crippen molar-refractivity contribution >= 4 is 6.03 Å². The first-order valence-electron chi connectivity index (χ1n) is 7.49. The maximum atomic E-state index is 12.3. The van der Waals surface area contributed by atoms with Crippen molar-refractivity contribution in [2.75, 3.05) is 40.9 Å². The third-order valence-electron chi connectivity index (χ3n) is 3.98. The molecule has 1 N–H and O–H groups in total. The Labute approximate surface area is 132 Å². The third-order valence-corrected chi connectivity index (χ3v) is 3.98. The average molecular weight is 307 g/mol. The fourth-order valence-electron chi connectivity index (χ4n) is 2.71. The standard InChI is InChI=1S/C16H25N3O3/c1-12-11-18(2)7-8-19(12)16(20)17-10-13-5-6-14(21-3)15(9-13)22-4/h5-6,9,12H,7-8,10-11H2,1-4H3,(H,17,20). The van der Waals surface area contributed by atoms with Crippen LogP contribution in [0.15, 0.2) is 18.2 Å². The largest absolute Gasteiger partial charge is 0.493 e. The Kier molecular flexibility index (Phi) is 5.49. The molecule has 0 aliphatic carbocycles. The molecule has 1 aromatic rings. The van der Waals surface area contributed by atoms with Gasteiger partial charge in [-0.2, -0.15) is 0 Å². The van der Waals surface area contributed by atoms with Crippen molar-refractivity contribution in [1.29, 1.82) is 0 Å². The summed E-state index contributed by atoms with van der Waals surface area (Å²) in [5, 5.41) is 2.97. The van der Waals surface area contributed by atoms with Gasteiger partial charge < -0.3 is 24.6 Å². The number of ether oxygens (including phenoxy) is 2. The highest BCUT2D eigenvalue weighted by Gasteiger charge is 2.25. The van der Waals surface area contributed by atoms with Crippen LogP contribution in [0, 0.1) is 0 Å². The minimum Gasteiger partial charge on any atom is -0.493 e. The summed E-state index contributed by atoms with van der Waals surface area (Å²) in [6.45, 7) is 5.12. The summed E-state index contributed by atoms with van der Waals surface area (Å²) in [5.41, 5.74) is 0.979. The van der Waals surface area contributed by atoms with E-state index in [1.165, 1.54) is 0 Å². The lowest BCUT2D eigenvalue weighted by atomic mass is 10.2. The molecule has 1 unspecified atom stereocenters. The molecule has 122 valence electrons. The van der Waals surface area contributed by atoms with Crippen LogP contribution in [0.2, 0.25) is 0 Å². The molecule has 1 aliphatic rings. The molecule has 2 amide bonds. The van der Waals surface area contributed by atoms with E-state index in [0.29, 0.717) is 18.0 Å². The van der Waals surface area contributed by atoms with Gasteiger partial charge in [0.05, 0.1) is 14.2 Å². The number of rotatable bonds is 4. The number of hydrogen-bond acceptors (Lipinski definition) is 4. The van der Waals surface area contributed by atoms with Crippen LogP contribution in [0.3, 0.4) is 0 Å². The zero-order chi connectivity index (χ0) is 16.1.